The molecule has 0 unspecified atom stereocenters. The van der Waals surface area contributed by atoms with Crippen LogP contribution in [0.5, 0.6) is 11.5 Å². The fourth-order valence-electron chi connectivity index (χ4n) is 2.62. The predicted octanol–water partition coefficient (Wildman–Crippen LogP) is 3.94. The van der Waals surface area contributed by atoms with Gasteiger partial charge in [-0.25, -0.2) is 4.79 Å². The molecule has 0 saturated carbocycles. The van der Waals surface area contributed by atoms with Crippen molar-refractivity contribution in [1.82, 2.24) is 5.32 Å². The smallest absolute Gasteiger partial charge is 0.341 e. The second-order valence-electron chi connectivity index (χ2n) is 6.22. The number of nitrogens with one attached hydrogen (secondary N) is 1. The first-order valence-corrected chi connectivity index (χ1v) is 10.2. The molecule has 0 radical (unpaired) electrons. The Hall–Kier alpha value is -3.06. The molecule has 1 amide bonds. The predicted molar refractivity (Wildman–Crippen MR) is 120 cm³/mol. The van der Waals surface area contributed by atoms with Gasteiger partial charge in [-0.15, -0.1) is 0 Å². The van der Waals surface area contributed by atoms with E-state index < -0.39 is 18.5 Å². The van der Waals surface area contributed by atoms with Crippen LogP contribution in [0.15, 0.2) is 48.0 Å². The molecule has 0 heterocycles. The van der Waals surface area contributed by atoms with Crippen LogP contribution in [0.1, 0.15) is 31.0 Å². The highest BCUT2D eigenvalue weighted by Gasteiger charge is 2.16. The van der Waals surface area contributed by atoms with Crippen molar-refractivity contribution in [2.75, 3.05) is 13.2 Å². The van der Waals surface area contributed by atoms with Crippen molar-refractivity contribution < 1.29 is 24.2 Å². The number of amides is 1. The van der Waals surface area contributed by atoms with Crippen molar-refractivity contribution in [2.24, 2.45) is 0 Å². The van der Waals surface area contributed by atoms with E-state index in [1.165, 1.54) is 6.08 Å². The van der Waals surface area contributed by atoms with Gasteiger partial charge in [-0.05, 0) is 65.8 Å². The van der Waals surface area contributed by atoms with Crippen molar-refractivity contribution in [2.45, 2.75) is 19.9 Å². The van der Waals surface area contributed by atoms with Crippen molar-refractivity contribution in [3.63, 3.8) is 0 Å². The van der Waals surface area contributed by atoms with Crippen LogP contribution < -0.4 is 14.8 Å². The van der Waals surface area contributed by atoms with Crippen LogP contribution in [0.2, 0.25) is 0 Å². The van der Waals surface area contributed by atoms with Gasteiger partial charge >= 0.3 is 5.97 Å². The zero-order chi connectivity index (χ0) is 22.1. The maximum absolute atomic E-state index is 12.6. The number of nitriles is 1. The molecule has 0 spiro atoms. The minimum absolute atomic E-state index is 0.0600. The Morgan fingerprint density at radius 2 is 1.97 bits per heavy atom. The van der Waals surface area contributed by atoms with Gasteiger partial charge in [0.2, 0.25) is 0 Å². The number of hydrogen-bond donors (Lipinski definition) is 2. The van der Waals surface area contributed by atoms with E-state index in [2.05, 4.69) is 5.32 Å². The van der Waals surface area contributed by atoms with E-state index in [-0.39, 0.29) is 11.6 Å². The van der Waals surface area contributed by atoms with E-state index in [1.54, 1.807) is 19.1 Å². The zero-order valence-electron chi connectivity index (χ0n) is 16.5. The molecule has 1 atom stereocenters. The number of aliphatic carboxylic acids is 1. The molecule has 8 heteroatoms. The number of nitrogens with zero attached hydrogens (tertiary/aromatic N) is 1. The Kier molecular flexibility index (Phi) is 8.68. The Balaban J connectivity index is 2.28. The summed E-state index contributed by atoms with van der Waals surface area (Å²) in [4.78, 5) is 23.4. The van der Waals surface area contributed by atoms with E-state index in [0.717, 1.165) is 5.56 Å². The van der Waals surface area contributed by atoms with E-state index in [4.69, 9.17) is 14.6 Å². The summed E-state index contributed by atoms with van der Waals surface area (Å²) in [7, 11) is 0. The summed E-state index contributed by atoms with van der Waals surface area (Å²) >= 11 is 1.99. The van der Waals surface area contributed by atoms with Crippen LogP contribution in [0.4, 0.5) is 0 Å². The Morgan fingerprint density at radius 1 is 1.27 bits per heavy atom. The van der Waals surface area contributed by atoms with Gasteiger partial charge in [0, 0.05) is 0 Å². The summed E-state index contributed by atoms with van der Waals surface area (Å²) in [5, 5.41) is 21.1. The van der Waals surface area contributed by atoms with E-state index in [1.807, 2.05) is 65.9 Å². The normalized spacial score (nSPS) is 11.9. The highest BCUT2D eigenvalue weighted by molar-refractivity contribution is 14.1. The first-order chi connectivity index (χ1) is 14.3. The first kappa shape index (κ1) is 23.2. The molecule has 0 fully saturated rings. The highest BCUT2D eigenvalue weighted by atomic mass is 127. The monoisotopic (exact) mass is 520 g/mol. The van der Waals surface area contributed by atoms with Crippen LogP contribution in [0, 0.1) is 14.9 Å². The third-order valence-electron chi connectivity index (χ3n) is 3.99. The number of ether oxygens (including phenoxy) is 2. The molecule has 2 aromatic carbocycles. The summed E-state index contributed by atoms with van der Waals surface area (Å²) in [6.07, 6.45) is 1.46. The maximum Gasteiger partial charge on any atom is 0.341 e. The molecule has 7 nitrogen and oxygen atoms in total. The van der Waals surface area contributed by atoms with Crippen LogP contribution in [0.3, 0.4) is 0 Å². The molecule has 156 valence electrons. The molecule has 0 aliphatic carbocycles. The Labute approximate surface area is 188 Å². The lowest BCUT2D eigenvalue weighted by molar-refractivity contribution is -0.139. The fourth-order valence-corrected chi connectivity index (χ4v) is 3.40. The third-order valence-corrected chi connectivity index (χ3v) is 4.80. The summed E-state index contributed by atoms with van der Waals surface area (Å²) in [5.41, 5.74) is 1.43. The van der Waals surface area contributed by atoms with Gasteiger partial charge in [0.15, 0.2) is 18.1 Å². The molecule has 0 aliphatic heterocycles. The molecular formula is C22H21IN2O5. The third kappa shape index (κ3) is 6.49. The van der Waals surface area contributed by atoms with E-state index in [9.17, 15) is 14.9 Å². The van der Waals surface area contributed by atoms with Crippen LogP contribution in [-0.4, -0.2) is 30.2 Å². The standard InChI is InChI=1S/C22H21IN2O5/c1-3-29-19-11-15(10-18(23)21(19)30-13-20(26)27)9-17(12-24)22(28)25-14(2)16-7-5-4-6-8-16/h4-11,14H,3,13H2,1-2H3,(H,25,28)(H,26,27)/b17-9+/t14-/m0/s1. The second-order valence-corrected chi connectivity index (χ2v) is 7.38. The van der Waals surface area contributed by atoms with Crippen LogP contribution in [0.25, 0.3) is 6.08 Å². The van der Waals surface area contributed by atoms with Gasteiger partial charge in [0.05, 0.1) is 16.2 Å². The lowest BCUT2D eigenvalue weighted by atomic mass is 10.1. The largest absolute Gasteiger partial charge is 0.490 e. The van der Waals surface area contributed by atoms with Gasteiger partial charge < -0.3 is 19.9 Å². The van der Waals surface area contributed by atoms with Crippen molar-refractivity contribution in [3.05, 3.63) is 62.7 Å². The summed E-state index contributed by atoms with van der Waals surface area (Å²) in [6.45, 7) is 3.46. The molecule has 2 rings (SSSR count). The van der Waals surface area contributed by atoms with E-state index >= 15 is 0 Å². The Bertz CT molecular complexity index is 983. The molecular weight excluding hydrogens is 499 g/mol. The average molecular weight is 520 g/mol. The topological polar surface area (TPSA) is 109 Å². The molecule has 0 bridgehead atoms. The molecule has 2 N–H and O–H groups in total. The minimum Gasteiger partial charge on any atom is -0.490 e. The van der Waals surface area contributed by atoms with Gasteiger partial charge in [0.1, 0.15) is 11.6 Å². The van der Waals surface area contributed by atoms with Gasteiger partial charge in [-0.3, -0.25) is 4.79 Å². The van der Waals surface area contributed by atoms with Crippen molar-refractivity contribution in [1.29, 1.82) is 5.26 Å². The SMILES string of the molecule is CCOc1cc(/C=C(\C#N)C(=O)N[C@@H](C)c2ccccc2)cc(I)c1OCC(=O)O. The first-order valence-electron chi connectivity index (χ1n) is 9.14. The quantitative estimate of drug-likeness (QED) is 0.295. The number of halogens is 1. The number of benzene rings is 2. The van der Waals surface area contributed by atoms with Crippen molar-refractivity contribution >= 4 is 40.5 Å². The van der Waals surface area contributed by atoms with Crippen LogP contribution >= 0.6 is 22.6 Å². The minimum atomic E-state index is -1.10. The molecule has 2 aromatic rings. The second kappa shape index (κ2) is 11.2. The average Bonchev–Trinajstić information content (AvgIpc) is 2.72. The maximum atomic E-state index is 12.6. The fraction of sp³-hybridized carbons (Fsp3) is 0.227. The summed E-state index contributed by atoms with van der Waals surface area (Å²) in [5.74, 6) is -0.953. The number of hydrogen-bond acceptors (Lipinski definition) is 5. The number of rotatable bonds is 9. The lowest BCUT2D eigenvalue weighted by Crippen LogP contribution is -2.27. The number of carbonyl (C=O) groups excluding carboxylic acids is 1. The highest BCUT2D eigenvalue weighted by Crippen LogP contribution is 2.35. The number of carboxylic acid groups (broad SMARTS) is 1. The molecule has 0 saturated heterocycles. The molecule has 30 heavy (non-hydrogen) atoms. The van der Waals surface area contributed by atoms with E-state index in [0.29, 0.717) is 27.2 Å². The van der Waals surface area contributed by atoms with Crippen molar-refractivity contribution in [3.8, 4) is 17.6 Å². The summed E-state index contributed by atoms with van der Waals surface area (Å²) in [6, 6.07) is 14.4. The lowest BCUT2D eigenvalue weighted by Gasteiger charge is -2.15. The molecule has 0 aromatic heterocycles. The zero-order valence-corrected chi connectivity index (χ0v) is 18.7. The van der Waals surface area contributed by atoms with Crippen LogP contribution in [-0.2, 0) is 9.59 Å². The van der Waals surface area contributed by atoms with Gasteiger partial charge in [0.25, 0.3) is 5.91 Å². The summed E-state index contributed by atoms with van der Waals surface area (Å²) < 4.78 is 11.5. The number of carbonyl (C=O) groups is 2. The number of carboxylic acids is 1. The Morgan fingerprint density at radius 3 is 2.57 bits per heavy atom. The van der Waals surface area contributed by atoms with Gasteiger partial charge in [-0.2, -0.15) is 5.26 Å². The van der Waals surface area contributed by atoms with Gasteiger partial charge in [-0.1, -0.05) is 30.3 Å². The molecule has 0 aliphatic rings.